The second-order valence-electron chi connectivity index (χ2n) is 5.24. The lowest BCUT2D eigenvalue weighted by atomic mass is 10.1. The first-order valence-electron chi connectivity index (χ1n) is 7.53. The third kappa shape index (κ3) is 4.07. The largest absolute Gasteiger partial charge is 0.497 e. The lowest BCUT2D eigenvalue weighted by Crippen LogP contribution is -1.91. The van der Waals surface area contributed by atoms with Gasteiger partial charge in [0.15, 0.2) is 0 Å². The van der Waals surface area contributed by atoms with Crippen LogP contribution >= 0.6 is 23.5 Å². The van der Waals surface area contributed by atoms with Crippen molar-refractivity contribution in [2.45, 2.75) is 4.90 Å². The number of anilines is 1. The first-order chi connectivity index (χ1) is 12.6. The van der Waals surface area contributed by atoms with E-state index >= 15 is 0 Å². The van der Waals surface area contributed by atoms with Gasteiger partial charge in [-0.15, -0.1) is 0 Å². The topological polar surface area (TPSA) is 57.9 Å². The molecule has 0 saturated carbocycles. The highest BCUT2D eigenvalue weighted by Gasteiger charge is 2.07. The molecule has 0 aliphatic heterocycles. The molecule has 130 valence electrons. The molecule has 0 fully saturated rings. The molecule has 0 spiro atoms. The first-order valence-corrected chi connectivity index (χ1v) is 8.72. The van der Waals surface area contributed by atoms with Crippen LogP contribution in [-0.2, 0) is 0 Å². The summed E-state index contributed by atoms with van der Waals surface area (Å²) in [4.78, 5) is 4.68. The quantitative estimate of drug-likeness (QED) is 0.584. The summed E-state index contributed by atoms with van der Waals surface area (Å²) in [5.74, 6) is 0.270. The summed E-state index contributed by atoms with van der Waals surface area (Å²) in [6.45, 7) is 0. The Morgan fingerprint density at radius 1 is 1.19 bits per heavy atom. The van der Waals surface area contributed by atoms with E-state index in [4.69, 9.17) is 21.6 Å². The summed E-state index contributed by atoms with van der Waals surface area (Å²) >= 11 is 7.20. The van der Waals surface area contributed by atoms with Crippen molar-refractivity contribution in [2.75, 3.05) is 11.8 Å². The van der Waals surface area contributed by atoms with Crippen LogP contribution < -0.4 is 9.46 Å². The maximum absolute atomic E-state index is 13.8. The van der Waals surface area contributed by atoms with Gasteiger partial charge in [-0.25, -0.2) is 4.39 Å². The lowest BCUT2D eigenvalue weighted by Gasteiger charge is -2.09. The van der Waals surface area contributed by atoms with E-state index in [0.717, 1.165) is 23.2 Å². The zero-order chi connectivity index (χ0) is 18.5. The van der Waals surface area contributed by atoms with Crippen molar-refractivity contribution >= 4 is 29.2 Å². The average Bonchev–Trinajstić information content (AvgIpc) is 2.67. The van der Waals surface area contributed by atoms with Crippen LogP contribution in [0.15, 0.2) is 59.6 Å². The second-order valence-corrected chi connectivity index (χ2v) is 6.49. The number of hydrogen-bond acceptors (Lipinski definition) is 5. The van der Waals surface area contributed by atoms with Gasteiger partial charge in [-0.3, -0.25) is 4.98 Å². The fourth-order valence-electron chi connectivity index (χ4n) is 2.18. The van der Waals surface area contributed by atoms with Crippen molar-refractivity contribution in [3.63, 3.8) is 0 Å². The van der Waals surface area contributed by atoms with Gasteiger partial charge in [0.2, 0.25) is 0 Å². The van der Waals surface area contributed by atoms with Crippen LogP contribution in [0.4, 0.5) is 10.1 Å². The Morgan fingerprint density at radius 3 is 2.62 bits per heavy atom. The number of nitrogens with zero attached hydrogens (tertiary/aromatic N) is 2. The third-order valence-electron chi connectivity index (χ3n) is 3.57. The van der Waals surface area contributed by atoms with Crippen molar-refractivity contribution in [3.05, 3.63) is 71.1 Å². The Bertz CT molecular complexity index is 974. The van der Waals surface area contributed by atoms with Crippen molar-refractivity contribution in [1.82, 2.24) is 4.98 Å². The molecule has 3 aromatic rings. The second kappa shape index (κ2) is 8.09. The maximum atomic E-state index is 13.8. The average molecular weight is 386 g/mol. The third-order valence-corrected chi connectivity index (χ3v) is 4.76. The molecule has 1 heterocycles. The SMILES string of the molecule is COc1ccc(F)c(SNc2ccc(-c3cc(Cl)c(C#N)cn3)cc2)c1. The number of nitriles is 1. The summed E-state index contributed by atoms with van der Waals surface area (Å²) in [7, 11) is 1.54. The molecule has 0 unspecified atom stereocenters. The maximum Gasteiger partial charge on any atom is 0.138 e. The molecule has 0 aliphatic rings. The molecule has 0 aliphatic carbocycles. The van der Waals surface area contributed by atoms with Crippen molar-refractivity contribution in [2.24, 2.45) is 0 Å². The number of pyridine rings is 1. The summed E-state index contributed by atoms with van der Waals surface area (Å²) < 4.78 is 22.0. The van der Waals surface area contributed by atoms with Gasteiger partial charge in [0.25, 0.3) is 0 Å². The number of aromatic nitrogens is 1. The molecule has 3 rings (SSSR count). The Balaban J connectivity index is 1.72. The van der Waals surface area contributed by atoms with Crippen LogP contribution in [0.1, 0.15) is 5.56 Å². The minimum Gasteiger partial charge on any atom is -0.497 e. The van der Waals surface area contributed by atoms with E-state index in [2.05, 4.69) is 9.71 Å². The number of ether oxygens (including phenoxy) is 1. The minimum atomic E-state index is -0.323. The molecule has 0 saturated heterocycles. The molecule has 1 aromatic heterocycles. The molecule has 0 amide bonds. The number of benzene rings is 2. The van der Waals surface area contributed by atoms with Gasteiger partial charge in [-0.05, 0) is 48.3 Å². The molecule has 0 radical (unpaired) electrons. The predicted octanol–water partition coefficient (Wildman–Crippen LogP) is 5.54. The van der Waals surface area contributed by atoms with Gasteiger partial charge in [0.05, 0.1) is 28.3 Å². The molecular weight excluding hydrogens is 373 g/mol. The van der Waals surface area contributed by atoms with Crippen molar-refractivity contribution < 1.29 is 9.13 Å². The van der Waals surface area contributed by atoms with Crippen LogP contribution in [0.3, 0.4) is 0 Å². The zero-order valence-corrected chi connectivity index (χ0v) is 15.2. The first kappa shape index (κ1) is 18.1. The van der Waals surface area contributed by atoms with Crippen LogP contribution in [0.25, 0.3) is 11.3 Å². The van der Waals surface area contributed by atoms with Crippen LogP contribution in [-0.4, -0.2) is 12.1 Å². The van der Waals surface area contributed by atoms with Gasteiger partial charge in [0, 0.05) is 17.4 Å². The number of halogens is 2. The van der Waals surface area contributed by atoms with Crippen molar-refractivity contribution in [1.29, 1.82) is 5.26 Å². The number of rotatable bonds is 5. The Hall–Kier alpha value is -2.75. The molecule has 4 nitrogen and oxygen atoms in total. The van der Waals surface area contributed by atoms with Gasteiger partial charge in [-0.2, -0.15) is 5.26 Å². The number of methoxy groups -OCH3 is 1. The predicted molar refractivity (Wildman–Crippen MR) is 102 cm³/mol. The zero-order valence-electron chi connectivity index (χ0n) is 13.7. The highest BCUT2D eigenvalue weighted by atomic mass is 35.5. The van der Waals surface area contributed by atoms with E-state index in [0.29, 0.717) is 26.9 Å². The smallest absolute Gasteiger partial charge is 0.138 e. The molecule has 26 heavy (non-hydrogen) atoms. The molecule has 2 aromatic carbocycles. The summed E-state index contributed by atoms with van der Waals surface area (Å²) in [6, 6.07) is 15.7. The van der Waals surface area contributed by atoms with Crippen LogP contribution in [0, 0.1) is 17.1 Å². The highest BCUT2D eigenvalue weighted by molar-refractivity contribution is 8.00. The highest BCUT2D eigenvalue weighted by Crippen LogP contribution is 2.29. The lowest BCUT2D eigenvalue weighted by molar-refractivity contribution is 0.411. The normalized spacial score (nSPS) is 10.2. The molecular formula is C19H13ClFN3OS. The van der Waals surface area contributed by atoms with Gasteiger partial charge < -0.3 is 9.46 Å². The Labute approximate surface area is 159 Å². The standard InChI is InChI=1S/C19H13ClFN3OS/c1-25-15-6-7-17(21)19(8-15)26-24-14-4-2-12(3-5-14)18-9-16(20)13(10-22)11-23-18/h2-9,11,24H,1H3. The summed E-state index contributed by atoms with van der Waals surface area (Å²) in [5.41, 5.74) is 2.68. The van der Waals surface area contributed by atoms with E-state index in [-0.39, 0.29) is 5.82 Å². The van der Waals surface area contributed by atoms with Crippen LogP contribution in [0.2, 0.25) is 5.02 Å². The van der Waals surface area contributed by atoms with Gasteiger partial charge in [-0.1, -0.05) is 23.7 Å². The van der Waals surface area contributed by atoms with E-state index in [1.54, 1.807) is 18.2 Å². The fourth-order valence-corrected chi connectivity index (χ4v) is 3.08. The number of nitrogens with one attached hydrogen (secondary N) is 1. The summed E-state index contributed by atoms with van der Waals surface area (Å²) in [5, 5.41) is 9.27. The van der Waals surface area contributed by atoms with E-state index < -0.39 is 0 Å². The van der Waals surface area contributed by atoms with E-state index in [9.17, 15) is 4.39 Å². The van der Waals surface area contributed by atoms with Gasteiger partial charge in [0.1, 0.15) is 17.6 Å². The number of hydrogen-bond donors (Lipinski definition) is 1. The van der Waals surface area contributed by atoms with E-state index in [1.165, 1.54) is 19.4 Å². The molecule has 0 atom stereocenters. The molecule has 1 N–H and O–H groups in total. The van der Waals surface area contributed by atoms with Crippen molar-refractivity contribution in [3.8, 4) is 23.1 Å². The minimum absolute atomic E-state index is 0.323. The van der Waals surface area contributed by atoms with Gasteiger partial charge >= 0.3 is 0 Å². The molecule has 7 heteroatoms. The Kier molecular flexibility index (Phi) is 5.61. The molecule has 0 bridgehead atoms. The fraction of sp³-hybridized carbons (Fsp3) is 0.0526. The monoisotopic (exact) mass is 385 g/mol. The Morgan fingerprint density at radius 2 is 1.96 bits per heavy atom. The van der Waals surface area contributed by atoms with E-state index in [1.807, 2.05) is 30.3 Å². The van der Waals surface area contributed by atoms with Crippen LogP contribution in [0.5, 0.6) is 5.75 Å². The summed E-state index contributed by atoms with van der Waals surface area (Å²) in [6.07, 6.45) is 1.45.